The van der Waals surface area contributed by atoms with Gasteiger partial charge in [-0.1, -0.05) is 13.0 Å². The fraction of sp³-hybridized carbons (Fsp3) is 0.615. The first-order valence-corrected chi connectivity index (χ1v) is 8.30. The highest BCUT2D eigenvalue weighted by Gasteiger charge is 2.29. The third-order valence-electron chi connectivity index (χ3n) is 3.00. The predicted octanol–water partition coefficient (Wildman–Crippen LogP) is 2.14. The van der Waals surface area contributed by atoms with E-state index >= 15 is 0 Å². The van der Waals surface area contributed by atoms with Gasteiger partial charge in [-0.15, -0.1) is 0 Å². The summed E-state index contributed by atoms with van der Waals surface area (Å²) in [4.78, 5) is 4.38. The van der Waals surface area contributed by atoms with Crippen LogP contribution in [0.15, 0.2) is 18.2 Å². The van der Waals surface area contributed by atoms with Crippen molar-refractivity contribution >= 4 is 21.5 Å². The molecular formula is C13H23N3O2S. The first-order valence-electron chi connectivity index (χ1n) is 6.40. The third kappa shape index (κ3) is 4.70. The van der Waals surface area contributed by atoms with Gasteiger partial charge in [0.1, 0.15) is 11.6 Å². The lowest BCUT2D eigenvalue weighted by Crippen LogP contribution is -2.38. The molecule has 1 aromatic heterocycles. The number of pyridine rings is 1. The summed E-state index contributed by atoms with van der Waals surface area (Å²) in [6.45, 7) is 6.69. The normalized spacial score (nSPS) is 12.2. The van der Waals surface area contributed by atoms with Crippen LogP contribution in [-0.2, 0) is 9.84 Å². The molecule has 0 spiro atoms. The van der Waals surface area contributed by atoms with E-state index in [2.05, 4.69) is 22.5 Å². The first-order chi connectivity index (χ1) is 8.76. The summed E-state index contributed by atoms with van der Waals surface area (Å²) in [5, 5.41) is 6.27. The van der Waals surface area contributed by atoms with Crippen molar-refractivity contribution in [1.82, 2.24) is 4.98 Å². The van der Waals surface area contributed by atoms with Gasteiger partial charge in [-0.05, 0) is 32.4 Å². The molecule has 0 aliphatic rings. The van der Waals surface area contributed by atoms with Crippen molar-refractivity contribution in [2.24, 2.45) is 0 Å². The molecule has 0 unspecified atom stereocenters. The van der Waals surface area contributed by atoms with Crippen LogP contribution in [0.2, 0.25) is 0 Å². The second-order valence-corrected chi connectivity index (χ2v) is 7.87. The van der Waals surface area contributed by atoms with E-state index in [1.165, 1.54) is 6.26 Å². The van der Waals surface area contributed by atoms with Gasteiger partial charge in [0.05, 0.1) is 4.75 Å². The van der Waals surface area contributed by atoms with Gasteiger partial charge in [0.25, 0.3) is 0 Å². The summed E-state index contributed by atoms with van der Waals surface area (Å²) >= 11 is 0. The van der Waals surface area contributed by atoms with Crippen molar-refractivity contribution in [2.45, 2.75) is 31.9 Å². The monoisotopic (exact) mass is 285 g/mol. The van der Waals surface area contributed by atoms with E-state index in [0.717, 1.165) is 18.8 Å². The van der Waals surface area contributed by atoms with E-state index < -0.39 is 14.6 Å². The molecule has 5 nitrogen and oxygen atoms in total. The molecule has 6 heteroatoms. The summed E-state index contributed by atoms with van der Waals surface area (Å²) in [6.07, 6.45) is 2.28. The number of nitrogens with one attached hydrogen (secondary N) is 2. The van der Waals surface area contributed by atoms with Crippen LogP contribution in [0.3, 0.4) is 0 Å². The van der Waals surface area contributed by atoms with Gasteiger partial charge in [-0.25, -0.2) is 13.4 Å². The number of nitrogens with zero attached hydrogens (tertiary/aromatic N) is 1. The Bertz CT molecular complexity index is 512. The minimum Gasteiger partial charge on any atom is -0.370 e. The highest BCUT2D eigenvalue weighted by atomic mass is 32.2. The van der Waals surface area contributed by atoms with E-state index in [0.29, 0.717) is 12.4 Å². The van der Waals surface area contributed by atoms with Gasteiger partial charge in [0, 0.05) is 19.3 Å². The Morgan fingerprint density at radius 2 is 1.79 bits per heavy atom. The molecule has 0 bridgehead atoms. The van der Waals surface area contributed by atoms with E-state index in [9.17, 15) is 8.42 Å². The van der Waals surface area contributed by atoms with E-state index in [1.807, 2.05) is 18.2 Å². The van der Waals surface area contributed by atoms with Gasteiger partial charge in [-0.2, -0.15) is 0 Å². The van der Waals surface area contributed by atoms with Crippen LogP contribution in [0.25, 0.3) is 0 Å². The Morgan fingerprint density at radius 3 is 2.32 bits per heavy atom. The van der Waals surface area contributed by atoms with Crippen LogP contribution in [0, 0.1) is 0 Å². The molecule has 1 heterocycles. The second-order valence-electron chi connectivity index (χ2n) is 5.22. The molecule has 1 aromatic rings. The molecule has 0 aromatic carbocycles. The number of anilines is 2. The van der Waals surface area contributed by atoms with Crippen LogP contribution < -0.4 is 10.6 Å². The second kappa shape index (κ2) is 6.23. The van der Waals surface area contributed by atoms with Gasteiger partial charge in [0.15, 0.2) is 9.84 Å². The maximum atomic E-state index is 11.6. The molecule has 0 amide bonds. The van der Waals surface area contributed by atoms with Crippen LogP contribution >= 0.6 is 0 Å². The lowest BCUT2D eigenvalue weighted by molar-refractivity contribution is 0.559. The Balaban J connectivity index is 2.68. The minimum absolute atomic E-state index is 0.329. The first kappa shape index (κ1) is 15.8. The van der Waals surface area contributed by atoms with E-state index in [1.54, 1.807) is 13.8 Å². The SMILES string of the molecule is CCCNc1cccc(NCC(C)(C)S(C)(=O)=O)n1. The molecule has 2 N–H and O–H groups in total. The standard InChI is InChI=1S/C13H23N3O2S/c1-5-9-14-11-7-6-8-12(16-11)15-10-13(2,3)19(4,17)18/h6-8H,5,9-10H2,1-4H3,(H2,14,15,16). The van der Waals surface area contributed by atoms with Crippen molar-refractivity contribution < 1.29 is 8.42 Å². The Hall–Kier alpha value is -1.30. The Kier molecular flexibility index (Phi) is 5.17. The number of rotatable bonds is 7. The van der Waals surface area contributed by atoms with Crippen LogP contribution in [0.1, 0.15) is 27.2 Å². The van der Waals surface area contributed by atoms with Crippen molar-refractivity contribution in [3.05, 3.63) is 18.2 Å². The molecule has 0 saturated carbocycles. The molecule has 0 radical (unpaired) electrons. The van der Waals surface area contributed by atoms with Crippen molar-refractivity contribution in [3.8, 4) is 0 Å². The Morgan fingerprint density at radius 1 is 1.21 bits per heavy atom. The maximum Gasteiger partial charge on any atom is 0.154 e. The molecule has 0 saturated heterocycles. The molecule has 0 aliphatic heterocycles. The highest BCUT2D eigenvalue weighted by molar-refractivity contribution is 7.92. The average molecular weight is 285 g/mol. The van der Waals surface area contributed by atoms with Crippen LogP contribution in [-0.4, -0.2) is 37.5 Å². The predicted molar refractivity (Wildman–Crippen MR) is 80.4 cm³/mol. The molecule has 0 fully saturated rings. The average Bonchev–Trinajstić information content (AvgIpc) is 2.33. The summed E-state index contributed by atoms with van der Waals surface area (Å²) in [5.41, 5.74) is 0. The van der Waals surface area contributed by atoms with Gasteiger partial charge in [-0.3, -0.25) is 0 Å². The fourth-order valence-electron chi connectivity index (χ4n) is 1.32. The number of aromatic nitrogens is 1. The van der Waals surface area contributed by atoms with Crippen LogP contribution in [0.4, 0.5) is 11.6 Å². The molecule has 0 aliphatic carbocycles. The van der Waals surface area contributed by atoms with Gasteiger partial charge in [0.2, 0.25) is 0 Å². The lowest BCUT2D eigenvalue weighted by atomic mass is 10.2. The highest BCUT2D eigenvalue weighted by Crippen LogP contribution is 2.16. The maximum absolute atomic E-state index is 11.6. The molecular weight excluding hydrogens is 262 g/mol. The van der Waals surface area contributed by atoms with Crippen molar-refractivity contribution in [1.29, 1.82) is 0 Å². The van der Waals surface area contributed by atoms with E-state index in [4.69, 9.17) is 0 Å². The zero-order valence-electron chi connectivity index (χ0n) is 12.0. The Labute approximate surface area is 115 Å². The molecule has 0 atom stereocenters. The smallest absolute Gasteiger partial charge is 0.154 e. The number of hydrogen-bond acceptors (Lipinski definition) is 5. The summed E-state index contributed by atoms with van der Waals surface area (Å²) < 4.78 is 22.4. The zero-order valence-corrected chi connectivity index (χ0v) is 12.8. The van der Waals surface area contributed by atoms with Gasteiger partial charge >= 0.3 is 0 Å². The fourth-order valence-corrected chi connectivity index (χ4v) is 1.65. The molecule has 1 rings (SSSR count). The van der Waals surface area contributed by atoms with Gasteiger partial charge < -0.3 is 10.6 Å². The van der Waals surface area contributed by atoms with Crippen molar-refractivity contribution in [2.75, 3.05) is 30.0 Å². The summed E-state index contributed by atoms with van der Waals surface area (Å²) in [5.74, 6) is 1.47. The lowest BCUT2D eigenvalue weighted by Gasteiger charge is -2.23. The third-order valence-corrected chi connectivity index (χ3v) is 5.16. The largest absolute Gasteiger partial charge is 0.370 e. The molecule has 19 heavy (non-hydrogen) atoms. The van der Waals surface area contributed by atoms with E-state index in [-0.39, 0.29) is 0 Å². The number of hydrogen-bond donors (Lipinski definition) is 2. The topological polar surface area (TPSA) is 71.1 Å². The van der Waals surface area contributed by atoms with Crippen molar-refractivity contribution in [3.63, 3.8) is 0 Å². The summed E-state index contributed by atoms with van der Waals surface area (Å²) in [6, 6.07) is 5.61. The van der Waals surface area contributed by atoms with Crippen LogP contribution in [0.5, 0.6) is 0 Å². The summed E-state index contributed by atoms with van der Waals surface area (Å²) in [7, 11) is -3.10. The number of sulfone groups is 1. The zero-order chi connectivity index (χ0) is 14.5. The molecule has 108 valence electrons. The minimum atomic E-state index is -3.10. The quantitative estimate of drug-likeness (QED) is 0.803.